The molecule has 0 atom stereocenters. The zero-order valence-electron chi connectivity index (χ0n) is 20.2. The van der Waals surface area contributed by atoms with Gasteiger partial charge in [0.05, 0.1) is 25.9 Å². The van der Waals surface area contributed by atoms with Crippen molar-refractivity contribution < 1.29 is 19.1 Å². The van der Waals surface area contributed by atoms with E-state index in [1.807, 2.05) is 36.4 Å². The number of anilines is 1. The molecule has 0 aromatic heterocycles. The van der Waals surface area contributed by atoms with Crippen LogP contribution in [0.1, 0.15) is 37.3 Å². The molecule has 0 saturated carbocycles. The largest absolute Gasteiger partial charge is 0.497 e. The van der Waals surface area contributed by atoms with Crippen LogP contribution in [0, 0.1) is 0 Å². The first-order chi connectivity index (χ1) is 16.5. The molecule has 34 heavy (non-hydrogen) atoms. The number of ether oxygens (including phenoxy) is 2. The van der Waals surface area contributed by atoms with Crippen LogP contribution in [0.3, 0.4) is 0 Å². The van der Waals surface area contributed by atoms with E-state index in [1.54, 1.807) is 19.2 Å². The lowest BCUT2D eigenvalue weighted by atomic mass is 10.0. The summed E-state index contributed by atoms with van der Waals surface area (Å²) < 4.78 is 10.7. The number of carbonyl (C=O) groups excluding carboxylic acids is 2. The van der Waals surface area contributed by atoms with Crippen LogP contribution in [0.5, 0.6) is 5.75 Å². The summed E-state index contributed by atoms with van der Waals surface area (Å²) in [6.45, 7) is 8.72. The van der Waals surface area contributed by atoms with Crippen LogP contribution in [0.25, 0.3) is 5.57 Å². The maximum absolute atomic E-state index is 13.4. The van der Waals surface area contributed by atoms with Gasteiger partial charge in [-0.1, -0.05) is 38.1 Å². The molecule has 1 saturated heterocycles. The van der Waals surface area contributed by atoms with E-state index in [0.29, 0.717) is 35.0 Å². The van der Waals surface area contributed by atoms with Gasteiger partial charge in [-0.15, -0.1) is 0 Å². The molecule has 2 amide bonds. The van der Waals surface area contributed by atoms with Gasteiger partial charge in [-0.2, -0.15) is 0 Å². The molecule has 0 unspecified atom stereocenters. The number of amides is 2. The topological polar surface area (TPSA) is 71.1 Å². The van der Waals surface area contributed by atoms with E-state index >= 15 is 0 Å². The van der Waals surface area contributed by atoms with Crippen LogP contribution in [0.15, 0.2) is 54.2 Å². The van der Waals surface area contributed by atoms with Gasteiger partial charge in [-0.3, -0.25) is 19.4 Å². The second-order valence-corrected chi connectivity index (χ2v) is 8.95. The average Bonchev–Trinajstić information content (AvgIpc) is 3.09. The van der Waals surface area contributed by atoms with Crippen LogP contribution in [-0.4, -0.2) is 68.1 Å². The molecule has 2 aliphatic rings. The van der Waals surface area contributed by atoms with E-state index in [4.69, 9.17) is 9.47 Å². The monoisotopic (exact) mass is 463 g/mol. The molecule has 0 spiro atoms. The van der Waals surface area contributed by atoms with Crippen molar-refractivity contribution in [1.29, 1.82) is 0 Å². The third kappa shape index (κ3) is 5.32. The van der Waals surface area contributed by atoms with Crippen LogP contribution in [0.4, 0.5) is 5.69 Å². The highest BCUT2D eigenvalue weighted by molar-refractivity contribution is 6.36. The number of hydrogen-bond donors (Lipinski definition) is 1. The second kappa shape index (κ2) is 10.8. The Balaban J connectivity index is 1.56. The standard InChI is InChI=1S/C27H33N3O4/c1-19(2)20-5-9-22(10-6-20)28-25-24(21-7-11-23(33-3)12-8-21)26(31)30(27(25)32)14-4-13-29-15-17-34-18-16-29/h5-12,19,28H,4,13-18H2,1-3H3. The second-order valence-electron chi connectivity index (χ2n) is 8.95. The highest BCUT2D eigenvalue weighted by atomic mass is 16.5. The number of benzene rings is 2. The summed E-state index contributed by atoms with van der Waals surface area (Å²) in [6, 6.07) is 15.2. The summed E-state index contributed by atoms with van der Waals surface area (Å²) in [5.74, 6) is 0.561. The Kier molecular flexibility index (Phi) is 7.65. The Morgan fingerprint density at radius 1 is 0.941 bits per heavy atom. The molecule has 1 fully saturated rings. The number of carbonyl (C=O) groups is 2. The van der Waals surface area contributed by atoms with Gasteiger partial charge in [0.15, 0.2) is 0 Å². The molecule has 1 N–H and O–H groups in total. The Bertz CT molecular complexity index is 1040. The van der Waals surface area contributed by atoms with Crippen molar-refractivity contribution in [2.75, 3.05) is 51.8 Å². The van der Waals surface area contributed by atoms with Crippen LogP contribution in [-0.2, 0) is 14.3 Å². The fourth-order valence-electron chi connectivity index (χ4n) is 4.29. The highest BCUT2D eigenvalue weighted by Gasteiger charge is 2.39. The van der Waals surface area contributed by atoms with Crippen LogP contribution < -0.4 is 10.1 Å². The van der Waals surface area contributed by atoms with E-state index in [-0.39, 0.29) is 11.8 Å². The fraction of sp³-hybridized carbons (Fsp3) is 0.407. The van der Waals surface area contributed by atoms with Crippen molar-refractivity contribution in [2.45, 2.75) is 26.2 Å². The zero-order valence-corrected chi connectivity index (χ0v) is 20.2. The number of hydrogen-bond acceptors (Lipinski definition) is 6. The van der Waals surface area contributed by atoms with E-state index in [1.165, 1.54) is 10.5 Å². The number of nitrogens with one attached hydrogen (secondary N) is 1. The zero-order chi connectivity index (χ0) is 24.1. The number of morpholine rings is 1. The van der Waals surface area contributed by atoms with Gasteiger partial charge >= 0.3 is 0 Å². The summed E-state index contributed by atoms with van der Waals surface area (Å²) >= 11 is 0. The fourth-order valence-corrected chi connectivity index (χ4v) is 4.29. The Labute approximate surface area is 201 Å². The Morgan fingerprint density at radius 3 is 2.24 bits per heavy atom. The number of imide groups is 1. The first-order valence-corrected chi connectivity index (χ1v) is 11.9. The molecule has 0 radical (unpaired) electrons. The first-order valence-electron chi connectivity index (χ1n) is 11.9. The van der Waals surface area contributed by atoms with Gasteiger partial charge in [-0.05, 0) is 47.7 Å². The summed E-state index contributed by atoms with van der Waals surface area (Å²) in [6.07, 6.45) is 0.726. The lowest BCUT2D eigenvalue weighted by Crippen LogP contribution is -2.39. The van der Waals surface area contributed by atoms with Gasteiger partial charge in [0.1, 0.15) is 11.4 Å². The highest BCUT2D eigenvalue weighted by Crippen LogP contribution is 2.32. The molecule has 2 aromatic carbocycles. The number of rotatable bonds is 9. The molecule has 0 bridgehead atoms. The third-order valence-corrected chi connectivity index (χ3v) is 6.35. The molecule has 4 rings (SSSR count). The SMILES string of the molecule is COc1ccc(C2=C(Nc3ccc(C(C)C)cc3)C(=O)N(CCCN3CCOCC3)C2=O)cc1. The smallest absolute Gasteiger partial charge is 0.278 e. The van der Waals surface area contributed by atoms with E-state index < -0.39 is 0 Å². The van der Waals surface area contributed by atoms with E-state index in [9.17, 15) is 9.59 Å². The molecular weight excluding hydrogens is 430 g/mol. The summed E-state index contributed by atoms with van der Waals surface area (Å²) in [4.78, 5) is 30.5. The Hall–Kier alpha value is -3.16. The molecular formula is C27H33N3O4. The number of nitrogens with zero attached hydrogens (tertiary/aromatic N) is 2. The minimum atomic E-state index is -0.286. The van der Waals surface area contributed by atoms with Crippen molar-refractivity contribution in [3.63, 3.8) is 0 Å². The van der Waals surface area contributed by atoms with Gasteiger partial charge in [0.25, 0.3) is 11.8 Å². The van der Waals surface area contributed by atoms with Crippen LogP contribution >= 0.6 is 0 Å². The maximum Gasteiger partial charge on any atom is 0.278 e. The molecule has 0 aliphatic carbocycles. The molecule has 7 heteroatoms. The van der Waals surface area contributed by atoms with Crippen molar-refractivity contribution >= 4 is 23.1 Å². The molecule has 2 aliphatic heterocycles. The van der Waals surface area contributed by atoms with Gasteiger partial charge in [0, 0.05) is 31.9 Å². The normalized spacial score (nSPS) is 17.1. The van der Waals surface area contributed by atoms with Gasteiger partial charge in [-0.25, -0.2) is 0 Å². The molecule has 180 valence electrons. The third-order valence-electron chi connectivity index (χ3n) is 6.35. The van der Waals surface area contributed by atoms with Gasteiger partial charge < -0.3 is 14.8 Å². The summed E-state index contributed by atoms with van der Waals surface area (Å²) in [5, 5.41) is 3.24. The predicted octanol–water partition coefficient (Wildman–Crippen LogP) is 3.73. The average molecular weight is 464 g/mol. The quantitative estimate of drug-likeness (QED) is 0.572. The molecule has 7 nitrogen and oxygen atoms in total. The summed E-state index contributed by atoms with van der Waals surface area (Å²) in [7, 11) is 1.60. The van der Waals surface area contributed by atoms with Crippen molar-refractivity contribution in [3.8, 4) is 5.75 Å². The van der Waals surface area contributed by atoms with E-state index in [0.717, 1.165) is 45.0 Å². The van der Waals surface area contributed by atoms with Gasteiger partial charge in [0.2, 0.25) is 0 Å². The minimum absolute atomic E-state index is 0.265. The predicted molar refractivity (Wildman–Crippen MR) is 133 cm³/mol. The minimum Gasteiger partial charge on any atom is -0.497 e. The molecule has 2 heterocycles. The maximum atomic E-state index is 13.4. The molecule has 2 aromatic rings. The lowest BCUT2D eigenvalue weighted by Gasteiger charge is -2.27. The lowest BCUT2D eigenvalue weighted by molar-refractivity contribution is -0.136. The van der Waals surface area contributed by atoms with Crippen LogP contribution in [0.2, 0.25) is 0 Å². The van der Waals surface area contributed by atoms with Crippen molar-refractivity contribution in [1.82, 2.24) is 9.80 Å². The Morgan fingerprint density at radius 2 is 1.62 bits per heavy atom. The van der Waals surface area contributed by atoms with Crippen molar-refractivity contribution in [3.05, 3.63) is 65.4 Å². The number of methoxy groups -OCH3 is 1. The first kappa shape index (κ1) is 24.0. The van der Waals surface area contributed by atoms with Crippen molar-refractivity contribution in [2.24, 2.45) is 0 Å². The summed E-state index contributed by atoms with van der Waals surface area (Å²) in [5.41, 5.74) is 3.40. The van der Waals surface area contributed by atoms with E-state index in [2.05, 4.69) is 24.1 Å².